The van der Waals surface area contributed by atoms with Crippen LogP contribution in [0.15, 0.2) is 30.6 Å². The molecule has 9 nitrogen and oxygen atoms in total. The van der Waals surface area contributed by atoms with Crippen LogP contribution in [0.2, 0.25) is 5.02 Å². The number of methoxy groups -OCH3 is 1. The molecule has 4 heterocycles. The Hall–Kier alpha value is -3.22. The molecule has 5 rings (SSSR count). The van der Waals surface area contributed by atoms with Gasteiger partial charge in [-0.1, -0.05) is 22.9 Å². The molecule has 0 N–H and O–H groups in total. The van der Waals surface area contributed by atoms with E-state index in [1.807, 2.05) is 50.0 Å². The van der Waals surface area contributed by atoms with Gasteiger partial charge < -0.3 is 9.30 Å². The molecule has 208 valence electrons. The molecule has 1 aromatic carbocycles. The molecule has 1 aliphatic heterocycles. The van der Waals surface area contributed by atoms with Crippen molar-refractivity contribution in [3.05, 3.63) is 64.0 Å². The highest BCUT2D eigenvalue weighted by molar-refractivity contribution is 6.36. The lowest BCUT2D eigenvalue weighted by Gasteiger charge is -2.35. The molecule has 0 radical (unpaired) electrons. The predicted molar refractivity (Wildman–Crippen MR) is 141 cm³/mol. The lowest BCUT2D eigenvalue weighted by Crippen LogP contribution is -2.48. The zero-order chi connectivity index (χ0) is 27.9. The molecule has 1 unspecified atom stereocenters. The number of benzene rings is 1. The molecule has 1 saturated heterocycles. The minimum atomic E-state index is -4.20. The average molecular weight is 563 g/mol. The lowest BCUT2D eigenvalue weighted by molar-refractivity contribution is -0.149. The van der Waals surface area contributed by atoms with Crippen molar-refractivity contribution >= 4 is 22.5 Å². The van der Waals surface area contributed by atoms with Crippen LogP contribution in [0, 0.1) is 6.92 Å². The van der Waals surface area contributed by atoms with E-state index < -0.39 is 12.7 Å². The van der Waals surface area contributed by atoms with Crippen LogP contribution < -0.4 is 4.74 Å². The van der Waals surface area contributed by atoms with E-state index >= 15 is 0 Å². The summed E-state index contributed by atoms with van der Waals surface area (Å²) in [4.78, 5) is 12.7. The van der Waals surface area contributed by atoms with Crippen molar-refractivity contribution in [2.24, 2.45) is 14.1 Å². The fourth-order valence-electron chi connectivity index (χ4n) is 5.17. The van der Waals surface area contributed by atoms with Crippen LogP contribution in [0.3, 0.4) is 0 Å². The summed E-state index contributed by atoms with van der Waals surface area (Å²) in [6.07, 6.45) is -0.601. The van der Waals surface area contributed by atoms with Gasteiger partial charge in [-0.05, 0) is 24.6 Å². The van der Waals surface area contributed by atoms with Gasteiger partial charge in [0.1, 0.15) is 5.82 Å². The smallest absolute Gasteiger partial charge is 0.401 e. The third-order valence-electron chi connectivity index (χ3n) is 7.38. The topological polar surface area (TPSA) is 77.1 Å². The van der Waals surface area contributed by atoms with Gasteiger partial charge in [-0.3, -0.25) is 14.5 Å². The second-order valence-corrected chi connectivity index (χ2v) is 10.2. The number of ether oxygens (including phenoxy) is 1. The molecule has 1 atom stereocenters. The zero-order valence-corrected chi connectivity index (χ0v) is 23.0. The maximum absolute atomic E-state index is 12.8. The molecule has 0 spiro atoms. The summed E-state index contributed by atoms with van der Waals surface area (Å²) in [6.45, 7) is 3.11. The highest BCUT2D eigenvalue weighted by atomic mass is 35.5. The number of fused-ring (bicyclic) bond motifs is 1. The zero-order valence-electron chi connectivity index (χ0n) is 22.2. The third kappa shape index (κ3) is 5.59. The Balaban J connectivity index is 1.50. The van der Waals surface area contributed by atoms with Gasteiger partial charge in [0, 0.05) is 64.0 Å². The number of aryl methyl sites for hydroxylation is 2. The Morgan fingerprint density at radius 2 is 1.77 bits per heavy atom. The molecule has 4 aromatic rings. The van der Waals surface area contributed by atoms with Crippen LogP contribution in [0.5, 0.6) is 5.88 Å². The summed E-state index contributed by atoms with van der Waals surface area (Å²) in [5, 5.41) is 9.51. The van der Waals surface area contributed by atoms with E-state index in [2.05, 4.69) is 20.2 Å². The van der Waals surface area contributed by atoms with Crippen molar-refractivity contribution in [1.29, 1.82) is 0 Å². The number of imidazole rings is 1. The summed E-state index contributed by atoms with van der Waals surface area (Å²) in [6, 6.07) is 5.94. The van der Waals surface area contributed by atoms with Crippen molar-refractivity contribution in [1.82, 2.24) is 39.3 Å². The van der Waals surface area contributed by atoms with Gasteiger partial charge in [0.2, 0.25) is 5.88 Å². The summed E-state index contributed by atoms with van der Waals surface area (Å²) in [5.41, 5.74) is 4.24. The van der Waals surface area contributed by atoms with E-state index in [4.69, 9.17) is 21.3 Å². The molecule has 39 heavy (non-hydrogen) atoms. The summed E-state index contributed by atoms with van der Waals surface area (Å²) in [7, 11) is 5.37. The van der Waals surface area contributed by atoms with Crippen molar-refractivity contribution < 1.29 is 17.9 Å². The van der Waals surface area contributed by atoms with E-state index in [0.29, 0.717) is 54.7 Å². The molecule has 1 fully saturated rings. The average Bonchev–Trinajstić information content (AvgIpc) is 3.46. The normalized spacial score (nSPS) is 16.2. The maximum atomic E-state index is 12.8. The number of piperazine rings is 1. The number of aromatic nitrogens is 6. The summed E-state index contributed by atoms with van der Waals surface area (Å²) < 4.78 is 47.8. The van der Waals surface area contributed by atoms with Gasteiger partial charge in [0.05, 0.1) is 47.7 Å². The van der Waals surface area contributed by atoms with Crippen LogP contribution in [0.25, 0.3) is 10.9 Å². The number of nitrogens with zero attached hydrogens (tertiary/aromatic N) is 8. The van der Waals surface area contributed by atoms with E-state index in [0.717, 1.165) is 28.2 Å². The number of pyridine rings is 1. The highest BCUT2D eigenvalue weighted by Gasteiger charge is 2.32. The Morgan fingerprint density at radius 1 is 1.05 bits per heavy atom. The standard InChI is InChI=1S/C26H30ClF3N8O/c1-16-31-12-21(35(16)2)23(22-13-32-34-36(22)3)17-5-6-20-18(11-17)24(27)19(25(33-20)39-4)14-37-7-9-38(10-8-37)15-26(28,29)30/h5-6,11-13,23H,7-10,14-15H2,1-4H3. The van der Waals surface area contributed by atoms with Crippen LogP contribution in [-0.4, -0.2) is 85.3 Å². The maximum Gasteiger partial charge on any atom is 0.401 e. The third-order valence-corrected chi connectivity index (χ3v) is 7.81. The number of rotatable bonds is 7. The van der Waals surface area contributed by atoms with E-state index in [-0.39, 0.29) is 5.92 Å². The first-order chi connectivity index (χ1) is 18.6. The Morgan fingerprint density at radius 3 is 2.36 bits per heavy atom. The minimum Gasteiger partial charge on any atom is -0.481 e. The Bertz CT molecular complexity index is 1480. The van der Waals surface area contributed by atoms with Crippen molar-refractivity contribution in [2.75, 3.05) is 39.8 Å². The second kappa shape index (κ2) is 10.7. The molecular formula is C26H30ClF3N8O. The van der Waals surface area contributed by atoms with Crippen LogP contribution in [-0.2, 0) is 20.6 Å². The van der Waals surface area contributed by atoms with Gasteiger partial charge in [-0.15, -0.1) is 5.10 Å². The van der Waals surface area contributed by atoms with E-state index in [1.165, 1.54) is 4.90 Å². The Labute approximate surface area is 229 Å². The molecule has 0 bridgehead atoms. The molecular weight excluding hydrogens is 533 g/mol. The molecule has 0 saturated carbocycles. The van der Waals surface area contributed by atoms with Crippen LogP contribution in [0.4, 0.5) is 13.2 Å². The lowest BCUT2D eigenvalue weighted by atomic mass is 9.91. The van der Waals surface area contributed by atoms with Gasteiger partial charge in [0.15, 0.2) is 0 Å². The number of hydrogen-bond acceptors (Lipinski definition) is 7. The van der Waals surface area contributed by atoms with Crippen molar-refractivity contribution in [3.63, 3.8) is 0 Å². The first-order valence-corrected chi connectivity index (χ1v) is 12.9. The summed E-state index contributed by atoms with van der Waals surface area (Å²) in [5.74, 6) is 1.09. The fourth-order valence-corrected chi connectivity index (χ4v) is 5.46. The first-order valence-electron chi connectivity index (χ1n) is 12.6. The predicted octanol–water partition coefficient (Wildman–Crippen LogP) is 3.93. The largest absolute Gasteiger partial charge is 0.481 e. The van der Waals surface area contributed by atoms with Crippen LogP contribution >= 0.6 is 11.6 Å². The molecule has 13 heteroatoms. The van der Waals surface area contributed by atoms with E-state index in [9.17, 15) is 13.2 Å². The first kappa shape index (κ1) is 27.4. The summed E-state index contributed by atoms with van der Waals surface area (Å²) >= 11 is 7.02. The molecule has 0 aliphatic carbocycles. The molecule has 0 amide bonds. The second-order valence-electron chi connectivity index (χ2n) is 9.86. The van der Waals surface area contributed by atoms with Crippen molar-refractivity contribution in [2.45, 2.75) is 25.6 Å². The van der Waals surface area contributed by atoms with E-state index in [1.54, 1.807) is 18.0 Å². The quantitative estimate of drug-likeness (QED) is 0.338. The number of alkyl halides is 3. The minimum absolute atomic E-state index is 0.205. The van der Waals surface area contributed by atoms with Gasteiger partial charge in [-0.2, -0.15) is 13.2 Å². The molecule has 3 aromatic heterocycles. The van der Waals surface area contributed by atoms with Gasteiger partial charge in [0.25, 0.3) is 0 Å². The highest BCUT2D eigenvalue weighted by Crippen LogP contribution is 2.38. The monoisotopic (exact) mass is 562 g/mol. The van der Waals surface area contributed by atoms with Crippen molar-refractivity contribution in [3.8, 4) is 5.88 Å². The Kier molecular flexibility index (Phi) is 7.53. The molecule has 1 aliphatic rings. The van der Waals surface area contributed by atoms with Crippen LogP contribution in [0.1, 0.15) is 34.3 Å². The SMILES string of the molecule is COc1nc2ccc(C(c3cnnn3C)c3cnc(C)n3C)cc2c(Cl)c1CN1CCN(CC(F)(F)F)CC1. The number of hydrogen-bond donors (Lipinski definition) is 0. The fraction of sp³-hybridized carbons (Fsp3) is 0.462. The van der Waals surface area contributed by atoms with Gasteiger partial charge >= 0.3 is 6.18 Å². The number of halogens is 4. The van der Waals surface area contributed by atoms with Gasteiger partial charge in [-0.25, -0.2) is 9.97 Å².